The van der Waals surface area contributed by atoms with Crippen LogP contribution in [0, 0.1) is 0 Å². The topological polar surface area (TPSA) is 80.5 Å². The fraction of sp³-hybridized carbons (Fsp3) is 0.800. The van der Waals surface area contributed by atoms with Crippen LogP contribution < -0.4 is 5.73 Å². The van der Waals surface area contributed by atoms with Gasteiger partial charge in [-0.1, -0.05) is 12.2 Å². The van der Waals surface area contributed by atoms with Crippen LogP contribution in [-0.4, -0.2) is 48.3 Å². The van der Waals surface area contributed by atoms with E-state index in [-0.39, 0.29) is 0 Å². The number of rotatable bonds is 6. The lowest BCUT2D eigenvalue weighted by atomic mass is 10.1. The molecule has 0 fully saturated rings. The van der Waals surface area contributed by atoms with Gasteiger partial charge in [-0.05, 0) is 20.8 Å². The van der Waals surface area contributed by atoms with Crippen LogP contribution in [0.5, 0.6) is 0 Å². The Morgan fingerprint density at radius 2 is 1.88 bits per heavy atom. The molecule has 0 atom stereocenters. The lowest BCUT2D eigenvalue weighted by molar-refractivity contribution is -0.132. The maximum Gasteiger partial charge on any atom is 0.243 e. The van der Waals surface area contributed by atoms with Crippen molar-refractivity contribution in [1.29, 1.82) is 0 Å². The van der Waals surface area contributed by atoms with Crippen LogP contribution in [0.2, 0.25) is 0 Å². The molecule has 1 amide bonds. The molecule has 0 aliphatic carbocycles. The van der Waals surface area contributed by atoms with E-state index in [1.807, 2.05) is 0 Å². The van der Waals surface area contributed by atoms with Crippen molar-refractivity contribution in [2.45, 2.75) is 31.9 Å². The quantitative estimate of drug-likeness (QED) is 0.709. The Balaban J connectivity index is 4.94. The Labute approximate surface area is 108 Å². The number of hydrogen-bond acceptors (Lipinski definition) is 4. The summed E-state index contributed by atoms with van der Waals surface area (Å²) in [6.07, 6.45) is 1.46. The van der Waals surface area contributed by atoms with Crippen molar-refractivity contribution < 1.29 is 13.2 Å². The lowest BCUT2D eigenvalue weighted by Gasteiger charge is -2.29. The first-order valence-corrected chi connectivity index (χ1v) is 7.61. The van der Waals surface area contributed by atoms with E-state index in [0.29, 0.717) is 24.5 Å². The highest BCUT2D eigenvalue weighted by molar-refractivity contribution is 7.92. The molecule has 0 aromatic rings. The largest absolute Gasteiger partial charge is 0.393 e. The number of carbonyl (C=O) groups is 1. The number of carbonyl (C=O) groups excluding carboxylic acids is 1. The SMILES string of the molecule is CCN(CCC(N)=S)C(=O)C(C)(C)S(C)(=O)=O. The first kappa shape index (κ1) is 16.3. The van der Waals surface area contributed by atoms with Crippen LogP contribution in [0.25, 0.3) is 0 Å². The van der Waals surface area contributed by atoms with E-state index in [9.17, 15) is 13.2 Å². The Kier molecular flexibility index (Phi) is 5.54. The summed E-state index contributed by atoms with van der Waals surface area (Å²) < 4.78 is 21.7. The van der Waals surface area contributed by atoms with E-state index in [1.165, 1.54) is 18.7 Å². The zero-order chi connectivity index (χ0) is 13.9. The summed E-state index contributed by atoms with van der Waals surface area (Å²) in [6, 6.07) is 0. The summed E-state index contributed by atoms with van der Waals surface area (Å²) in [5, 5.41) is 0. The van der Waals surface area contributed by atoms with Crippen LogP contribution in [0.15, 0.2) is 0 Å². The van der Waals surface area contributed by atoms with Gasteiger partial charge >= 0.3 is 0 Å². The van der Waals surface area contributed by atoms with Crippen molar-refractivity contribution in [2.75, 3.05) is 19.3 Å². The standard InChI is InChI=1S/C10H20N2O3S2/c1-5-12(7-6-8(11)16)9(13)10(2,3)17(4,14)15/h5-7H2,1-4H3,(H2,11,16). The van der Waals surface area contributed by atoms with Gasteiger partial charge in [0.15, 0.2) is 9.84 Å². The van der Waals surface area contributed by atoms with E-state index in [0.717, 1.165) is 6.26 Å². The molecule has 17 heavy (non-hydrogen) atoms. The second-order valence-corrected chi connectivity index (χ2v) is 7.47. The fourth-order valence-electron chi connectivity index (χ4n) is 1.19. The van der Waals surface area contributed by atoms with Crippen LogP contribution in [0.4, 0.5) is 0 Å². The zero-order valence-corrected chi connectivity index (χ0v) is 12.3. The molecule has 0 aliphatic heterocycles. The molecule has 0 unspecified atom stereocenters. The summed E-state index contributed by atoms with van der Waals surface area (Å²) >= 11 is 4.74. The van der Waals surface area contributed by atoms with E-state index >= 15 is 0 Å². The first-order chi connectivity index (χ1) is 7.54. The molecule has 7 heteroatoms. The minimum absolute atomic E-state index is 0.313. The van der Waals surface area contributed by atoms with Crippen molar-refractivity contribution in [3.05, 3.63) is 0 Å². The molecule has 0 saturated carbocycles. The van der Waals surface area contributed by atoms with Crippen LogP contribution in [-0.2, 0) is 14.6 Å². The van der Waals surface area contributed by atoms with Gasteiger partial charge in [0.2, 0.25) is 5.91 Å². The molecule has 0 aromatic carbocycles. The van der Waals surface area contributed by atoms with E-state index in [4.69, 9.17) is 18.0 Å². The summed E-state index contributed by atoms with van der Waals surface area (Å²) in [7, 11) is -3.45. The molecule has 5 nitrogen and oxygen atoms in total. The number of sulfone groups is 1. The monoisotopic (exact) mass is 280 g/mol. The Morgan fingerprint density at radius 1 is 1.41 bits per heavy atom. The number of thiocarbonyl (C=S) groups is 1. The average molecular weight is 280 g/mol. The van der Waals surface area contributed by atoms with Gasteiger partial charge < -0.3 is 10.6 Å². The molecule has 0 rings (SSSR count). The molecule has 0 radical (unpaired) electrons. The molecule has 0 aromatic heterocycles. The smallest absolute Gasteiger partial charge is 0.243 e. The maximum absolute atomic E-state index is 12.1. The predicted molar refractivity (Wildman–Crippen MR) is 72.6 cm³/mol. The summed E-state index contributed by atoms with van der Waals surface area (Å²) in [5.41, 5.74) is 5.37. The van der Waals surface area contributed by atoms with Gasteiger partial charge in [-0.2, -0.15) is 0 Å². The average Bonchev–Trinajstić information content (AvgIpc) is 2.16. The van der Waals surface area contributed by atoms with Gasteiger partial charge in [0, 0.05) is 25.8 Å². The van der Waals surface area contributed by atoms with Crippen LogP contribution in [0.3, 0.4) is 0 Å². The summed E-state index contributed by atoms with van der Waals surface area (Å²) in [6.45, 7) is 5.39. The predicted octanol–water partition coefficient (Wildman–Crippen LogP) is 0.334. The van der Waals surface area contributed by atoms with E-state index in [2.05, 4.69) is 0 Å². The molecule has 0 spiro atoms. The van der Waals surface area contributed by atoms with Gasteiger partial charge in [-0.3, -0.25) is 4.79 Å². The van der Waals surface area contributed by atoms with Crippen molar-refractivity contribution in [1.82, 2.24) is 4.90 Å². The van der Waals surface area contributed by atoms with Gasteiger partial charge in [0.1, 0.15) is 4.75 Å². The normalized spacial score (nSPS) is 12.2. The fourth-order valence-corrected chi connectivity index (χ4v) is 1.73. The third-order valence-corrected chi connectivity index (χ3v) is 4.97. The van der Waals surface area contributed by atoms with Crippen molar-refractivity contribution in [2.24, 2.45) is 5.73 Å². The van der Waals surface area contributed by atoms with Crippen molar-refractivity contribution in [3.63, 3.8) is 0 Å². The molecular formula is C10H20N2O3S2. The molecule has 2 N–H and O–H groups in total. The van der Waals surface area contributed by atoms with Gasteiger partial charge in [0.05, 0.1) is 4.99 Å². The highest BCUT2D eigenvalue weighted by Crippen LogP contribution is 2.18. The maximum atomic E-state index is 12.1. The van der Waals surface area contributed by atoms with Gasteiger partial charge in [0.25, 0.3) is 0 Å². The molecular weight excluding hydrogens is 260 g/mol. The van der Waals surface area contributed by atoms with E-state index < -0.39 is 20.5 Å². The summed E-state index contributed by atoms with van der Waals surface area (Å²) in [5.74, 6) is -0.418. The summed E-state index contributed by atoms with van der Waals surface area (Å²) in [4.78, 5) is 13.9. The second-order valence-electron chi connectivity index (χ2n) is 4.38. The van der Waals surface area contributed by atoms with Gasteiger partial charge in [-0.25, -0.2) is 8.42 Å². The first-order valence-electron chi connectivity index (χ1n) is 5.31. The highest BCUT2D eigenvalue weighted by Gasteiger charge is 2.40. The Morgan fingerprint density at radius 3 is 2.18 bits per heavy atom. The third-order valence-electron chi connectivity index (χ3n) is 2.74. The molecule has 100 valence electrons. The van der Waals surface area contributed by atoms with E-state index in [1.54, 1.807) is 6.92 Å². The number of nitrogens with two attached hydrogens (primary N) is 1. The van der Waals surface area contributed by atoms with Crippen LogP contribution in [0.1, 0.15) is 27.2 Å². The lowest BCUT2D eigenvalue weighted by Crippen LogP contribution is -2.50. The number of nitrogens with zero attached hydrogens (tertiary/aromatic N) is 1. The molecule has 0 saturated heterocycles. The molecule has 0 bridgehead atoms. The highest BCUT2D eigenvalue weighted by atomic mass is 32.2. The Hall–Kier alpha value is -0.690. The third kappa shape index (κ3) is 4.23. The van der Waals surface area contributed by atoms with Gasteiger partial charge in [-0.15, -0.1) is 0 Å². The second kappa shape index (κ2) is 5.77. The van der Waals surface area contributed by atoms with Crippen molar-refractivity contribution in [3.8, 4) is 0 Å². The molecule has 0 aliphatic rings. The minimum Gasteiger partial charge on any atom is -0.393 e. The Bertz CT molecular complexity index is 402. The number of amides is 1. The zero-order valence-electron chi connectivity index (χ0n) is 10.7. The minimum atomic E-state index is -3.45. The van der Waals surface area contributed by atoms with Crippen LogP contribution >= 0.6 is 12.2 Å². The molecule has 0 heterocycles. The number of hydrogen-bond donors (Lipinski definition) is 1. The van der Waals surface area contributed by atoms with Crippen molar-refractivity contribution >= 4 is 33.0 Å².